The minimum Gasteiger partial charge on any atom is -0.135 e. The summed E-state index contributed by atoms with van der Waals surface area (Å²) >= 11 is 1.95. The Bertz CT molecular complexity index is 2830. The van der Waals surface area contributed by atoms with Gasteiger partial charge in [-0.25, -0.2) is 0 Å². The Hall–Kier alpha value is -4.98. The smallest absolute Gasteiger partial charge is 0.0433 e. The molecule has 7 aliphatic carbocycles. The van der Waals surface area contributed by atoms with Gasteiger partial charge in [-0.3, -0.25) is 0 Å². The predicted molar refractivity (Wildman–Crippen MR) is 236 cm³/mol. The molecule has 6 aromatic carbocycles. The second-order valence-corrected chi connectivity index (χ2v) is 19.9. The molecule has 0 nitrogen and oxygen atoms in total. The molecule has 4 saturated carbocycles. The molecule has 1 spiro atoms. The Kier molecular flexibility index (Phi) is 6.50. The Labute approximate surface area is 334 Å². The molecule has 56 heavy (non-hydrogen) atoms. The van der Waals surface area contributed by atoms with Crippen molar-refractivity contribution in [2.24, 2.45) is 29.6 Å². The van der Waals surface area contributed by atoms with Crippen LogP contribution in [0.15, 0.2) is 146 Å². The van der Waals surface area contributed by atoms with Crippen molar-refractivity contribution in [2.75, 3.05) is 0 Å². The maximum atomic E-state index is 2.61. The molecule has 0 amide bonds. The number of rotatable bonds is 3. The summed E-state index contributed by atoms with van der Waals surface area (Å²) in [5, 5.41) is 2.75. The molecule has 1 heteroatoms. The summed E-state index contributed by atoms with van der Waals surface area (Å²) in [4.78, 5) is 0. The number of hydrogen-bond acceptors (Lipinski definition) is 1. The minimum absolute atomic E-state index is 0.134. The third-order valence-corrected chi connectivity index (χ3v) is 17.2. The maximum absolute atomic E-state index is 2.61. The molecule has 4 fully saturated rings. The van der Waals surface area contributed by atoms with Gasteiger partial charge in [0.25, 0.3) is 0 Å². The van der Waals surface area contributed by atoms with E-state index in [-0.39, 0.29) is 10.8 Å². The lowest BCUT2D eigenvalue weighted by Crippen LogP contribution is -2.55. The number of fused-ring (bicyclic) bond motifs is 9. The van der Waals surface area contributed by atoms with Crippen LogP contribution in [-0.4, -0.2) is 0 Å². The van der Waals surface area contributed by atoms with Crippen LogP contribution in [0.4, 0.5) is 0 Å². The van der Waals surface area contributed by atoms with Gasteiger partial charge in [-0.05, 0) is 146 Å². The molecule has 4 bridgehead atoms. The van der Waals surface area contributed by atoms with E-state index in [0.717, 1.165) is 23.7 Å². The van der Waals surface area contributed by atoms with Crippen LogP contribution in [-0.2, 0) is 10.8 Å². The van der Waals surface area contributed by atoms with E-state index in [1.807, 2.05) is 11.3 Å². The summed E-state index contributed by atoms with van der Waals surface area (Å²) in [5.74, 6) is 4.33. The fourth-order valence-corrected chi connectivity index (χ4v) is 15.1. The topological polar surface area (TPSA) is 0 Å². The molecule has 1 aromatic heterocycles. The van der Waals surface area contributed by atoms with Crippen molar-refractivity contribution in [2.45, 2.75) is 62.7 Å². The van der Waals surface area contributed by atoms with Gasteiger partial charge in [-0.15, -0.1) is 11.3 Å². The third-order valence-electron chi connectivity index (χ3n) is 16.0. The molecule has 1 heterocycles. The van der Waals surface area contributed by atoms with Crippen molar-refractivity contribution in [1.82, 2.24) is 0 Å². The highest BCUT2D eigenvalue weighted by Gasteiger charge is 2.61. The fourth-order valence-electron chi connectivity index (χ4n) is 13.9. The number of hydrogen-bond donors (Lipinski definition) is 0. The fraction of sp³-hybridized carbons (Fsp3) is 0.273. The third kappa shape index (κ3) is 4.15. The lowest BCUT2D eigenvalue weighted by molar-refractivity contribution is -0.0399. The predicted octanol–water partition coefficient (Wildman–Crippen LogP) is 14.9. The first-order chi connectivity index (χ1) is 27.5. The van der Waals surface area contributed by atoms with E-state index in [1.165, 1.54) is 108 Å². The van der Waals surface area contributed by atoms with E-state index in [1.54, 1.807) is 11.1 Å². The van der Waals surface area contributed by atoms with Crippen LogP contribution in [0.3, 0.4) is 0 Å². The average molecular weight is 739 g/mol. The van der Waals surface area contributed by atoms with E-state index in [0.29, 0.717) is 11.8 Å². The van der Waals surface area contributed by atoms with Gasteiger partial charge in [0.2, 0.25) is 0 Å². The highest BCUT2D eigenvalue weighted by molar-refractivity contribution is 7.26. The van der Waals surface area contributed by atoms with E-state index in [4.69, 9.17) is 0 Å². The summed E-state index contributed by atoms with van der Waals surface area (Å²) in [7, 11) is 0. The van der Waals surface area contributed by atoms with E-state index in [9.17, 15) is 0 Å². The largest absolute Gasteiger partial charge is 0.135 e. The first-order valence-electron chi connectivity index (χ1n) is 21.3. The average Bonchev–Trinajstić information content (AvgIpc) is 3.83. The molecular weight excluding hydrogens is 693 g/mol. The molecule has 0 aliphatic heterocycles. The zero-order valence-corrected chi connectivity index (χ0v) is 33.1. The zero-order valence-electron chi connectivity index (χ0n) is 32.3. The second kappa shape index (κ2) is 11.3. The molecule has 272 valence electrons. The van der Waals surface area contributed by atoms with Crippen LogP contribution in [0, 0.1) is 29.6 Å². The van der Waals surface area contributed by atoms with Crippen LogP contribution in [0.1, 0.15) is 74.1 Å². The van der Waals surface area contributed by atoms with Crippen molar-refractivity contribution >= 4 is 31.5 Å². The van der Waals surface area contributed by atoms with Gasteiger partial charge < -0.3 is 0 Å². The van der Waals surface area contributed by atoms with Crippen LogP contribution >= 0.6 is 11.3 Å². The van der Waals surface area contributed by atoms with Crippen LogP contribution in [0.2, 0.25) is 0 Å². The summed E-state index contributed by atoms with van der Waals surface area (Å²) in [6.45, 7) is 4.84. The number of benzene rings is 6. The van der Waals surface area contributed by atoms with Crippen molar-refractivity contribution in [1.29, 1.82) is 0 Å². The van der Waals surface area contributed by atoms with Crippen molar-refractivity contribution < 1.29 is 0 Å². The van der Waals surface area contributed by atoms with Crippen molar-refractivity contribution in [3.05, 3.63) is 168 Å². The highest BCUT2D eigenvalue weighted by atomic mass is 32.1. The van der Waals surface area contributed by atoms with Crippen LogP contribution in [0.5, 0.6) is 0 Å². The van der Waals surface area contributed by atoms with Gasteiger partial charge in [-0.1, -0.05) is 147 Å². The molecule has 0 N–H and O–H groups in total. The van der Waals surface area contributed by atoms with Crippen molar-refractivity contribution in [3.63, 3.8) is 0 Å². The quantitative estimate of drug-likeness (QED) is 0.169. The zero-order chi connectivity index (χ0) is 36.9. The van der Waals surface area contributed by atoms with Crippen LogP contribution < -0.4 is 0 Å². The number of allylic oxidation sites excluding steroid dienone is 4. The summed E-state index contributed by atoms with van der Waals surface area (Å²) in [5.41, 5.74) is 17.6. The van der Waals surface area contributed by atoms with Crippen molar-refractivity contribution in [3.8, 4) is 44.5 Å². The lowest BCUT2D eigenvalue weighted by Gasteiger charge is -2.61. The highest BCUT2D eigenvalue weighted by Crippen LogP contribution is 2.70. The molecule has 14 rings (SSSR count). The summed E-state index contributed by atoms with van der Waals surface area (Å²) in [6, 6.07) is 47.8. The van der Waals surface area contributed by atoms with Gasteiger partial charge in [0, 0.05) is 31.5 Å². The Morgan fingerprint density at radius 2 is 1.20 bits per heavy atom. The van der Waals surface area contributed by atoms with Gasteiger partial charge in [0.1, 0.15) is 0 Å². The van der Waals surface area contributed by atoms with Gasteiger partial charge >= 0.3 is 0 Å². The molecule has 7 aliphatic rings. The molecule has 2 unspecified atom stereocenters. The Balaban J connectivity index is 0.963. The van der Waals surface area contributed by atoms with E-state index < -0.39 is 0 Å². The molecule has 0 radical (unpaired) electrons. The summed E-state index contributed by atoms with van der Waals surface area (Å²) in [6.07, 6.45) is 16.4. The maximum Gasteiger partial charge on any atom is 0.0433 e. The number of thiophene rings is 1. The summed E-state index contributed by atoms with van der Waals surface area (Å²) < 4.78 is 2.78. The molecular formula is C55H46S. The van der Waals surface area contributed by atoms with E-state index >= 15 is 0 Å². The monoisotopic (exact) mass is 738 g/mol. The van der Waals surface area contributed by atoms with Gasteiger partial charge in [0.05, 0.1) is 0 Å². The minimum atomic E-state index is 0.134. The second-order valence-electron chi connectivity index (χ2n) is 18.9. The Morgan fingerprint density at radius 1 is 0.518 bits per heavy atom. The van der Waals surface area contributed by atoms with Crippen LogP contribution in [0.25, 0.3) is 64.7 Å². The normalized spacial score (nSPS) is 28.2. The molecule has 7 aromatic rings. The van der Waals surface area contributed by atoms with E-state index in [2.05, 4.69) is 159 Å². The lowest BCUT2D eigenvalue weighted by atomic mass is 9.43. The first kappa shape index (κ1) is 32.1. The SMILES string of the molecule is CC1(C)c2ccc(-c3ccc(-c4cccc5c4-c4cc(-c6cccc7c6sc6ccccc67)ccc4C54C5CC6CC(C5)CC4C6)cc3)cc2C2C=CC=CC21. The Morgan fingerprint density at radius 3 is 2.04 bits per heavy atom. The first-order valence-corrected chi connectivity index (χ1v) is 22.1. The van der Waals surface area contributed by atoms with Gasteiger partial charge in [-0.2, -0.15) is 0 Å². The molecule has 0 saturated heterocycles. The standard InChI is InChI=1S/C55H46S/c1-54(2)47-14-5-3-9-42(47)45-30-36(21-23-48(45)54)34-17-19-35(20-18-34)40-11-8-15-50-52(40)46-31-37(41-12-7-13-44-43-10-4-6-16-51(43)56-53(41)44)22-24-49(46)55(50)38-26-32-25-33(28-38)29-39(55)27-32/h3-24,30-33,38-39,42,47H,25-29H2,1-2H3. The van der Waals surface area contributed by atoms with Gasteiger partial charge in [0.15, 0.2) is 0 Å². The molecule has 2 atom stereocenters.